The second-order valence-electron chi connectivity index (χ2n) is 10.3. The minimum atomic E-state index is -2.12. The normalized spacial score (nSPS) is 13.5. The summed E-state index contributed by atoms with van der Waals surface area (Å²) in [6.45, 7) is 21.5. The Morgan fingerprint density at radius 2 is 1.43 bits per heavy atom. The van der Waals surface area contributed by atoms with Gasteiger partial charge in [0.1, 0.15) is 5.75 Å². The van der Waals surface area contributed by atoms with E-state index in [2.05, 4.69) is 67.7 Å². The number of rotatable bonds is 6. The molecular formula is C22H38O4Si2. The van der Waals surface area contributed by atoms with Crippen molar-refractivity contribution in [3.05, 3.63) is 29.8 Å². The molecule has 0 bridgehead atoms. The van der Waals surface area contributed by atoms with E-state index in [4.69, 9.17) is 13.6 Å². The van der Waals surface area contributed by atoms with Gasteiger partial charge >= 0.3 is 5.97 Å². The molecule has 0 aliphatic heterocycles. The third-order valence-electron chi connectivity index (χ3n) is 5.93. The number of methoxy groups -OCH3 is 1. The molecule has 1 aromatic rings. The fourth-order valence-electron chi connectivity index (χ4n) is 1.90. The van der Waals surface area contributed by atoms with Gasteiger partial charge < -0.3 is 13.6 Å². The van der Waals surface area contributed by atoms with Crippen molar-refractivity contribution in [2.75, 3.05) is 7.11 Å². The van der Waals surface area contributed by atoms with Crippen LogP contribution in [0, 0.1) is 0 Å². The minimum absolute atomic E-state index is 0.0115. The van der Waals surface area contributed by atoms with Crippen LogP contribution in [0.15, 0.2) is 24.3 Å². The highest BCUT2D eigenvalue weighted by Gasteiger charge is 2.40. The summed E-state index contributed by atoms with van der Waals surface area (Å²) < 4.78 is 17.7. The molecule has 0 aromatic heterocycles. The van der Waals surface area contributed by atoms with Gasteiger partial charge in [0.25, 0.3) is 16.6 Å². The number of ether oxygens (including phenoxy) is 1. The number of carbonyl (C=O) groups excluding carboxylic acids is 1. The predicted octanol–water partition coefficient (Wildman–Crippen LogP) is 6.64. The summed E-state index contributed by atoms with van der Waals surface area (Å²) in [5.41, 5.74) is 0.867. The maximum Gasteiger partial charge on any atom is 0.317 e. The Bertz CT molecular complexity index is 723. The molecule has 6 heteroatoms. The van der Waals surface area contributed by atoms with E-state index in [-0.39, 0.29) is 16.0 Å². The molecule has 0 fully saturated rings. The molecule has 0 heterocycles. The maximum absolute atomic E-state index is 12.3. The molecule has 158 valence electrons. The summed E-state index contributed by atoms with van der Waals surface area (Å²) in [4.78, 5) is 12.3. The quantitative estimate of drug-likeness (QED) is 0.381. The summed E-state index contributed by atoms with van der Waals surface area (Å²) in [5, 5.41) is 0.0898. The molecule has 0 aliphatic carbocycles. The molecule has 0 spiro atoms. The van der Waals surface area contributed by atoms with Crippen molar-refractivity contribution in [2.45, 2.75) is 77.8 Å². The number of benzene rings is 1. The van der Waals surface area contributed by atoms with Crippen LogP contribution in [0.2, 0.25) is 36.3 Å². The first-order valence-corrected chi connectivity index (χ1v) is 15.6. The van der Waals surface area contributed by atoms with Gasteiger partial charge in [0.15, 0.2) is 5.75 Å². The van der Waals surface area contributed by atoms with Crippen molar-refractivity contribution in [3.63, 3.8) is 0 Å². The highest BCUT2D eigenvalue weighted by atomic mass is 28.4. The fourth-order valence-corrected chi connectivity index (χ4v) is 3.80. The van der Waals surface area contributed by atoms with Crippen molar-refractivity contribution >= 4 is 28.7 Å². The standard InChI is InChI=1S/C22H38O4Si2/c1-21(2,3)27(8,9)25-18-14-12-17(16-19(18)24-7)13-15-20(23)26-28(10,11)22(4,5)6/h12-16H,1-11H3/b15-13+. The lowest BCUT2D eigenvalue weighted by molar-refractivity contribution is -0.129. The van der Waals surface area contributed by atoms with E-state index in [0.29, 0.717) is 5.75 Å². The third-order valence-corrected chi connectivity index (χ3v) is 14.6. The number of hydrogen-bond donors (Lipinski definition) is 0. The SMILES string of the molecule is COc1cc(/C=C/C(=O)O[Si](C)(C)C(C)(C)C)ccc1O[Si](C)(C)C(C)(C)C. The third kappa shape index (κ3) is 6.24. The molecule has 0 aliphatic rings. The highest BCUT2D eigenvalue weighted by molar-refractivity contribution is 6.75. The van der Waals surface area contributed by atoms with Crippen molar-refractivity contribution < 1.29 is 18.4 Å². The molecule has 1 aromatic carbocycles. The summed E-state index contributed by atoms with van der Waals surface area (Å²) in [6, 6.07) is 5.73. The van der Waals surface area contributed by atoms with Crippen LogP contribution >= 0.6 is 0 Å². The lowest BCUT2D eigenvalue weighted by Gasteiger charge is -2.36. The van der Waals surface area contributed by atoms with Gasteiger partial charge in [0, 0.05) is 6.08 Å². The zero-order valence-electron chi connectivity index (χ0n) is 19.5. The van der Waals surface area contributed by atoms with Gasteiger partial charge in [-0.2, -0.15) is 0 Å². The van der Waals surface area contributed by atoms with Gasteiger partial charge in [0.05, 0.1) is 7.11 Å². The van der Waals surface area contributed by atoms with Crippen LogP contribution in [0.3, 0.4) is 0 Å². The van der Waals surface area contributed by atoms with Crippen molar-refractivity contribution in [3.8, 4) is 11.5 Å². The smallest absolute Gasteiger partial charge is 0.317 e. The first-order valence-electron chi connectivity index (χ1n) is 9.78. The van der Waals surface area contributed by atoms with Gasteiger partial charge in [-0.05, 0) is 60.0 Å². The Hall–Kier alpha value is -1.54. The summed E-state index contributed by atoms with van der Waals surface area (Å²) >= 11 is 0. The molecule has 1 rings (SSSR count). The molecular weight excluding hydrogens is 384 g/mol. The van der Waals surface area contributed by atoms with E-state index in [0.717, 1.165) is 11.3 Å². The van der Waals surface area contributed by atoms with Crippen molar-refractivity contribution in [1.82, 2.24) is 0 Å². The molecule has 0 radical (unpaired) electrons. The van der Waals surface area contributed by atoms with Crippen molar-refractivity contribution in [1.29, 1.82) is 0 Å². The Balaban J connectivity index is 2.98. The molecule has 0 saturated heterocycles. The molecule has 0 amide bonds. The summed E-state index contributed by atoms with van der Waals surface area (Å²) in [7, 11) is -2.45. The number of carbonyl (C=O) groups is 1. The van der Waals surface area contributed by atoms with Gasteiger partial charge in [-0.15, -0.1) is 0 Å². The topological polar surface area (TPSA) is 44.8 Å². The van der Waals surface area contributed by atoms with Crippen LogP contribution in [-0.2, 0) is 9.22 Å². The second kappa shape index (κ2) is 8.45. The van der Waals surface area contributed by atoms with E-state index >= 15 is 0 Å². The average molecular weight is 423 g/mol. The molecule has 4 nitrogen and oxygen atoms in total. The van der Waals surface area contributed by atoms with Crippen LogP contribution in [0.5, 0.6) is 11.5 Å². The number of hydrogen-bond acceptors (Lipinski definition) is 4. The minimum Gasteiger partial charge on any atom is -0.541 e. The van der Waals surface area contributed by atoms with Gasteiger partial charge in [-0.25, -0.2) is 4.79 Å². The van der Waals surface area contributed by atoms with Crippen molar-refractivity contribution in [2.24, 2.45) is 0 Å². The predicted molar refractivity (Wildman–Crippen MR) is 123 cm³/mol. The van der Waals surface area contributed by atoms with E-state index in [1.165, 1.54) is 6.08 Å². The lowest BCUT2D eigenvalue weighted by atomic mass is 10.2. The molecule has 0 atom stereocenters. The van der Waals surface area contributed by atoms with Gasteiger partial charge in [-0.3, -0.25) is 0 Å². The first kappa shape index (κ1) is 24.5. The second-order valence-corrected chi connectivity index (χ2v) is 19.7. The van der Waals surface area contributed by atoms with Crippen LogP contribution < -0.4 is 9.16 Å². The molecule has 0 unspecified atom stereocenters. The Morgan fingerprint density at radius 1 is 0.893 bits per heavy atom. The first-order chi connectivity index (χ1) is 12.5. The Labute approximate surface area is 173 Å². The van der Waals surface area contributed by atoms with Crippen LogP contribution in [-0.4, -0.2) is 29.7 Å². The zero-order valence-corrected chi connectivity index (χ0v) is 21.5. The Morgan fingerprint density at radius 3 is 1.89 bits per heavy atom. The van der Waals surface area contributed by atoms with Gasteiger partial charge in [-0.1, -0.05) is 47.6 Å². The van der Waals surface area contributed by atoms with E-state index in [1.807, 2.05) is 18.2 Å². The lowest BCUT2D eigenvalue weighted by Crippen LogP contribution is -2.43. The zero-order chi connectivity index (χ0) is 22.0. The van der Waals surface area contributed by atoms with Crippen LogP contribution in [0.4, 0.5) is 0 Å². The van der Waals surface area contributed by atoms with E-state index in [9.17, 15) is 4.79 Å². The van der Waals surface area contributed by atoms with Crippen LogP contribution in [0.25, 0.3) is 6.08 Å². The maximum atomic E-state index is 12.3. The average Bonchev–Trinajstić information content (AvgIpc) is 2.51. The highest BCUT2D eigenvalue weighted by Crippen LogP contribution is 2.40. The molecule has 28 heavy (non-hydrogen) atoms. The Kier molecular flexibility index (Phi) is 7.40. The summed E-state index contributed by atoms with van der Waals surface area (Å²) in [5.74, 6) is 1.12. The van der Waals surface area contributed by atoms with E-state index in [1.54, 1.807) is 13.2 Å². The van der Waals surface area contributed by atoms with Gasteiger partial charge in [0.2, 0.25) is 0 Å². The molecule has 0 N–H and O–H groups in total. The monoisotopic (exact) mass is 422 g/mol. The largest absolute Gasteiger partial charge is 0.541 e. The van der Waals surface area contributed by atoms with E-state index < -0.39 is 16.6 Å². The summed E-state index contributed by atoms with van der Waals surface area (Å²) in [6.07, 6.45) is 3.25. The van der Waals surface area contributed by atoms with Crippen LogP contribution in [0.1, 0.15) is 47.1 Å². The molecule has 0 saturated carbocycles. The fraction of sp³-hybridized carbons (Fsp3) is 0.591.